The molecule has 1 aromatic rings. The molecular formula is C34H42N2O9S. The molecule has 0 aromatic heterocycles. The van der Waals surface area contributed by atoms with E-state index in [4.69, 9.17) is 10.5 Å². The highest BCUT2D eigenvalue weighted by Crippen LogP contribution is 2.58. The van der Waals surface area contributed by atoms with Gasteiger partial charge in [0.1, 0.15) is 28.9 Å². The Labute approximate surface area is 271 Å². The molecule has 5 aliphatic rings. The number of hydrogen-bond donors (Lipinski definition) is 5. The third-order valence-electron chi connectivity index (χ3n) is 10.8. The van der Waals surface area contributed by atoms with Crippen LogP contribution in [0.2, 0.25) is 0 Å². The number of likely N-dealkylation sites (N-methyl/N-ethyl adjacent to an activating group) is 1. The average molecular weight is 655 g/mol. The van der Waals surface area contributed by atoms with Crippen LogP contribution in [0, 0.1) is 17.8 Å². The lowest BCUT2D eigenvalue weighted by molar-refractivity contribution is -0.188. The van der Waals surface area contributed by atoms with Crippen molar-refractivity contribution in [2.24, 2.45) is 23.5 Å². The zero-order chi connectivity index (χ0) is 33.1. The summed E-state index contributed by atoms with van der Waals surface area (Å²) in [5, 5.41) is 46.9. The van der Waals surface area contributed by atoms with Gasteiger partial charge < -0.3 is 30.9 Å². The Morgan fingerprint density at radius 2 is 1.67 bits per heavy atom. The molecule has 0 bridgehead atoms. The summed E-state index contributed by atoms with van der Waals surface area (Å²) in [7, 11) is 3.05. The normalized spacial score (nSPS) is 32.0. The first-order valence-corrected chi connectivity index (χ1v) is 17.2. The van der Waals surface area contributed by atoms with E-state index >= 15 is 0 Å². The van der Waals surface area contributed by atoms with Crippen molar-refractivity contribution in [3.8, 4) is 5.75 Å². The number of carbonyl (C=O) groups excluding carboxylic acids is 4. The van der Waals surface area contributed by atoms with E-state index in [0.29, 0.717) is 29.4 Å². The SMILES string of the molecule is CN(C)[C@H]1C(=O)C(C(N)=O)=C(O)[C@]2(O)C(=O)C3=C(O)c4c(O)cccc4[C@@H](CSC4CCCC4)[C@@H]3[C@@H](OC(=O)C3CCCCC3)[C@H]12. The first kappa shape index (κ1) is 32.6. The van der Waals surface area contributed by atoms with E-state index in [2.05, 4.69) is 0 Å². The maximum atomic E-state index is 14.7. The lowest BCUT2D eigenvalue weighted by Crippen LogP contribution is -2.71. The van der Waals surface area contributed by atoms with E-state index in [1.54, 1.807) is 23.9 Å². The summed E-state index contributed by atoms with van der Waals surface area (Å²) in [6.07, 6.45) is 6.73. The smallest absolute Gasteiger partial charge is 0.309 e. The lowest BCUT2D eigenvalue weighted by atomic mass is 9.54. The minimum atomic E-state index is -2.95. The zero-order valence-corrected chi connectivity index (χ0v) is 26.9. The zero-order valence-electron chi connectivity index (χ0n) is 26.1. The summed E-state index contributed by atoms with van der Waals surface area (Å²) in [6, 6.07) is 3.39. The summed E-state index contributed by atoms with van der Waals surface area (Å²) >= 11 is 1.71. The second-order valence-corrected chi connectivity index (χ2v) is 14.9. The van der Waals surface area contributed by atoms with Gasteiger partial charge in [0.05, 0.1) is 23.4 Å². The largest absolute Gasteiger partial charge is 0.508 e. The molecule has 0 aliphatic heterocycles. The molecule has 3 fully saturated rings. The van der Waals surface area contributed by atoms with E-state index in [1.807, 2.05) is 0 Å². The molecule has 0 unspecified atom stereocenters. The lowest BCUT2D eigenvalue weighted by Gasteiger charge is -2.55. The molecule has 6 rings (SSSR count). The van der Waals surface area contributed by atoms with Crippen LogP contribution in [0.1, 0.15) is 74.8 Å². The van der Waals surface area contributed by atoms with Gasteiger partial charge in [-0.2, -0.15) is 11.8 Å². The Hall–Kier alpha value is -3.35. The molecule has 0 saturated heterocycles. The molecule has 0 radical (unpaired) electrons. The van der Waals surface area contributed by atoms with Crippen molar-refractivity contribution < 1.29 is 44.3 Å². The van der Waals surface area contributed by atoms with Crippen LogP contribution in [-0.2, 0) is 23.9 Å². The number of primary amides is 1. The van der Waals surface area contributed by atoms with Crippen LogP contribution >= 0.6 is 11.8 Å². The highest BCUT2D eigenvalue weighted by atomic mass is 32.2. The van der Waals surface area contributed by atoms with E-state index in [1.165, 1.54) is 25.1 Å². The van der Waals surface area contributed by atoms with Crippen LogP contribution in [0.5, 0.6) is 5.75 Å². The molecule has 12 heteroatoms. The number of aromatic hydroxyl groups is 1. The molecule has 11 nitrogen and oxygen atoms in total. The third-order valence-corrected chi connectivity index (χ3v) is 12.3. The van der Waals surface area contributed by atoms with Crippen LogP contribution in [0.4, 0.5) is 0 Å². The second kappa shape index (κ2) is 12.4. The minimum absolute atomic E-state index is 0.0215. The fraction of sp³-hybridized carbons (Fsp3) is 0.588. The molecule has 5 aliphatic carbocycles. The van der Waals surface area contributed by atoms with Gasteiger partial charge in [-0.15, -0.1) is 0 Å². The number of nitrogens with two attached hydrogens (primary N) is 1. The number of Topliss-reactive ketones (excluding diaryl/α,β-unsaturated/α-hetero) is 2. The maximum Gasteiger partial charge on any atom is 0.309 e. The number of rotatable bonds is 7. The molecule has 3 saturated carbocycles. The van der Waals surface area contributed by atoms with Gasteiger partial charge in [0.2, 0.25) is 5.78 Å². The van der Waals surface area contributed by atoms with Crippen molar-refractivity contribution in [1.29, 1.82) is 0 Å². The van der Waals surface area contributed by atoms with Crippen molar-refractivity contribution in [1.82, 2.24) is 4.90 Å². The Morgan fingerprint density at radius 1 is 1.02 bits per heavy atom. The number of ketones is 2. The van der Waals surface area contributed by atoms with Crippen molar-refractivity contribution in [2.45, 2.75) is 86.7 Å². The number of aliphatic hydroxyl groups is 3. The summed E-state index contributed by atoms with van der Waals surface area (Å²) in [4.78, 5) is 56.4. The molecule has 6 N–H and O–H groups in total. The quantitative estimate of drug-likeness (QED) is 0.214. The number of carbonyl (C=O) groups is 4. The molecule has 0 heterocycles. The van der Waals surface area contributed by atoms with Gasteiger partial charge in [0.25, 0.3) is 5.91 Å². The fourth-order valence-electron chi connectivity index (χ4n) is 8.57. The number of ether oxygens (including phenoxy) is 1. The van der Waals surface area contributed by atoms with Crippen LogP contribution in [0.25, 0.3) is 5.76 Å². The number of thioether (sulfide) groups is 1. The van der Waals surface area contributed by atoms with Gasteiger partial charge in [-0.1, -0.05) is 44.2 Å². The number of aliphatic hydroxyl groups excluding tert-OH is 2. The van der Waals surface area contributed by atoms with E-state index in [9.17, 15) is 39.6 Å². The van der Waals surface area contributed by atoms with Gasteiger partial charge in [0, 0.05) is 28.4 Å². The second-order valence-electron chi connectivity index (χ2n) is 13.6. The van der Waals surface area contributed by atoms with Crippen LogP contribution in [0.15, 0.2) is 35.1 Å². The Kier molecular flexibility index (Phi) is 8.75. The predicted octanol–water partition coefficient (Wildman–Crippen LogP) is 3.28. The van der Waals surface area contributed by atoms with Gasteiger partial charge in [-0.25, -0.2) is 0 Å². The number of phenols is 1. The summed E-state index contributed by atoms with van der Waals surface area (Å²) in [6.45, 7) is 0. The number of amides is 1. The minimum Gasteiger partial charge on any atom is -0.508 e. The number of benzene rings is 1. The van der Waals surface area contributed by atoms with Crippen molar-refractivity contribution in [2.75, 3.05) is 19.8 Å². The van der Waals surface area contributed by atoms with E-state index in [-0.39, 0.29) is 16.9 Å². The Bertz CT molecular complexity index is 1520. The Morgan fingerprint density at radius 3 is 2.30 bits per heavy atom. The topological polar surface area (TPSA) is 188 Å². The molecular weight excluding hydrogens is 612 g/mol. The van der Waals surface area contributed by atoms with Gasteiger partial charge >= 0.3 is 5.97 Å². The van der Waals surface area contributed by atoms with E-state index < -0.39 is 82.0 Å². The van der Waals surface area contributed by atoms with E-state index in [0.717, 1.165) is 44.9 Å². The van der Waals surface area contributed by atoms with Gasteiger partial charge in [-0.05, 0) is 51.4 Å². The third kappa shape index (κ3) is 5.04. The summed E-state index contributed by atoms with van der Waals surface area (Å²) in [5.74, 6) is -9.19. The molecule has 1 amide bonds. The molecule has 0 spiro atoms. The van der Waals surface area contributed by atoms with Crippen molar-refractivity contribution in [3.05, 3.63) is 46.2 Å². The average Bonchev–Trinajstić information content (AvgIpc) is 3.54. The van der Waals surface area contributed by atoms with Crippen molar-refractivity contribution >= 4 is 41.0 Å². The number of fused-ring (bicyclic) bond motifs is 3. The molecule has 46 heavy (non-hydrogen) atoms. The molecule has 1 aromatic carbocycles. The number of nitrogens with zero attached hydrogens (tertiary/aromatic N) is 1. The highest BCUT2D eigenvalue weighted by molar-refractivity contribution is 7.99. The number of hydrogen-bond acceptors (Lipinski definition) is 11. The summed E-state index contributed by atoms with van der Waals surface area (Å²) in [5.41, 5.74) is 1.89. The van der Waals surface area contributed by atoms with Crippen LogP contribution < -0.4 is 5.73 Å². The first-order chi connectivity index (χ1) is 21.9. The standard InChI is InChI=1S/C34H42N2O9S/c1-36(2)26-25-29(45-33(43)16-9-4-3-5-10-16)22-19(15-46-17-11-6-7-12-17)18-13-8-14-20(37)21(18)27(38)23(22)30(40)34(25,44)31(41)24(28(26)39)32(35)42/h8,13-14,16-17,19,22,25-26,29,37-38,41,44H,3-7,9-12,15H2,1-2H3,(H2,35,42)/t19-,22+,25+,26-,29-,34-/m1/s1. The number of esters is 1. The Balaban J connectivity index is 1.59. The fourth-order valence-corrected chi connectivity index (χ4v) is 10.1. The maximum absolute atomic E-state index is 14.7. The molecule has 248 valence electrons. The van der Waals surface area contributed by atoms with Gasteiger partial charge in [0.15, 0.2) is 11.4 Å². The van der Waals surface area contributed by atoms with Gasteiger partial charge in [-0.3, -0.25) is 24.1 Å². The van der Waals surface area contributed by atoms with Crippen molar-refractivity contribution in [3.63, 3.8) is 0 Å². The molecule has 6 atom stereocenters. The predicted molar refractivity (Wildman–Crippen MR) is 170 cm³/mol. The van der Waals surface area contributed by atoms with Crippen LogP contribution in [0.3, 0.4) is 0 Å². The summed E-state index contributed by atoms with van der Waals surface area (Å²) < 4.78 is 6.35. The monoisotopic (exact) mass is 654 g/mol. The van der Waals surface area contributed by atoms with Crippen LogP contribution in [-0.4, -0.2) is 91.6 Å². The number of phenolic OH excluding ortho intramolecular Hbond substituents is 1. The highest BCUT2D eigenvalue weighted by Gasteiger charge is 2.70. The first-order valence-electron chi connectivity index (χ1n) is 16.2.